The summed E-state index contributed by atoms with van der Waals surface area (Å²) in [5.41, 5.74) is 5.67. The highest BCUT2D eigenvalue weighted by Crippen LogP contribution is 2.16. The molecule has 4 N–H and O–H groups in total. The van der Waals surface area contributed by atoms with Gasteiger partial charge in [-0.05, 0) is 12.1 Å². The van der Waals surface area contributed by atoms with Crippen molar-refractivity contribution in [3.63, 3.8) is 0 Å². The topological polar surface area (TPSA) is 96.4 Å². The molecule has 5 heteroatoms. The van der Waals surface area contributed by atoms with Crippen LogP contribution >= 0.6 is 0 Å². The van der Waals surface area contributed by atoms with Gasteiger partial charge in [0.2, 0.25) is 0 Å². The van der Waals surface area contributed by atoms with E-state index in [1.54, 1.807) is 24.3 Å². The second-order valence-corrected chi connectivity index (χ2v) is 2.59. The van der Waals surface area contributed by atoms with Crippen LogP contribution in [-0.2, 0) is 4.79 Å². The molecule has 14 heavy (non-hydrogen) atoms. The van der Waals surface area contributed by atoms with E-state index in [0.717, 1.165) is 0 Å². The van der Waals surface area contributed by atoms with Crippen LogP contribution < -0.4 is 10.5 Å². The van der Waals surface area contributed by atoms with Gasteiger partial charge in [0, 0.05) is 0 Å². The first-order chi connectivity index (χ1) is 6.61. The zero-order chi connectivity index (χ0) is 10.6. The second kappa shape index (κ2) is 4.27. The molecule has 1 rings (SSSR count). The summed E-state index contributed by atoms with van der Waals surface area (Å²) in [6.45, 7) is -0.440. The monoisotopic (exact) mass is 194 g/mol. The summed E-state index contributed by atoms with van der Waals surface area (Å²) in [7, 11) is 0. The Labute approximate surface area is 80.6 Å². The minimum atomic E-state index is -1.07. The first kappa shape index (κ1) is 10.0. The lowest BCUT2D eigenvalue weighted by atomic mass is 10.2. The fraction of sp³-hybridized carbons (Fsp3) is 0.111. The second-order valence-electron chi connectivity index (χ2n) is 2.59. The van der Waals surface area contributed by atoms with Crippen molar-refractivity contribution >= 4 is 11.8 Å². The summed E-state index contributed by atoms with van der Waals surface area (Å²) in [5.74, 6) is -0.906. The fourth-order valence-electron chi connectivity index (χ4n) is 0.955. The number of amidine groups is 1. The number of rotatable bonds is 4. The molecule has 5 nitrogen and oxygen atoms in total. The van der Waals surface area contributed by atoms with Crippen LogP contribution in [0.2, 0.25) is 0 Å². The van der Waals surface area contributed by atoms with Crippen LogP contribution in [0.4, 0.5) is 0 Å². The minimum absolute atomic E-state index is 0.147. The van der Waals surface area contributed by atoms with Crippen molar-refractivity contribution in [2.75, 3.05) is 6.61 Å². The highest BCUT2D eigenvalue weighted by atomic mass is 16.5. The molecule has 0 atom stereocenters. The van der Waals surface area contributed by atoms with E-state index in [1.807, 2.05) is 0 Å². The van der Waals surface area contributed by atoms with Crippen LogP contribution in [0, 0.1) is 5.41 Å². The lowest BCUT2D eigenvalue weighted by molar-refractivity contribution is -0.139. The van der Waals surface area contributed by atoms with Crippen LogP contribution in [0.1, 0.15) is 5.56 Å². The first-order valence-electron chi connectivity index (χ1n) is 3.89. The largest absolute Gasteiger partial charge is 0.481 e. The molecule has 0 aliphatic rings. The van der Waals surface area contributed by atoms with Crippen LogP contribution in [0.15, 0.2) is 24.3 Å². The van der Waals surface area contributed by atoms with Crippen molar-refractivity contribution in [2.24, 2.45) is 5.73 Å². The summed E-state index contributed by atoms with van der Waals surface area (Å²) < 4.78 is 4.94. The average molecular weight is 194 g/mol. The van der Waals surface area contributed by atoms with Crippen molar-refractivity contribution in [3.8, 4) is 5.75 Å². The number of para-hydroxylation sites is 1. The maximum atomic E-state index is 10.2. The molecule has 0 spiro atoms. The van der Waals surface area contributed by atoms with Gasteiger partial charge in [0.1, 0.15) is 11.6 Å². The number of nitrogen functional groups attached to an aromatic ring is 1. The highest BCUT2D eigenvalue weighted by Gasteiger charge is 2.06. The zero-order valence-corrected chi connectivity index (χ0v) is 7.36. The van der Waals surface area contributed by atoms with Gasteiger partial charge in [0.15, 0.2) is 6.61 Å². The number of nitrogens with two attached hydrogens (primary N) is 1. The van der Waals surface area contributed by atoms with Crippen molar-refractivity contribution in [3.05, 3.63) is 29.8 Å². The summed E-state index contributed by atoms with van der Waals surface area (Å²) in [6.07, 6.45) is 0. The smallest absolute Gasteiger partial charge is 0.341 e. The average Bonchev–Trinajstić information content (AvgIpc) is 2.15. The van der Waals surface area contributed by atoms with E-state index in [2.05, 4.69) is 0 Å². The molecule has 0 aromatic heterocycles. The Bertz CT molecular complexity index is 363. The normalized spacial score (nSPS) is 9.43. The Morgan fingerprint density at radius 2 is 2.14 bits per heavy atom. The van der Waals surface area contributed by atoms with Crippen LogP contribution in [0.25, 0.3) is 0 Å². The molecule has 0 fully saturated rings. The number of benzene rings is 1. The minimum Gasteiger partial charge on any atom is -0.481 e. The van der Waals surface area contributed by atoms with E-state index < -0.39 is 12.6 Å². The fourth-order valence-corrected chi connectivity index (χ4v) is 0.955. The zero-order valence-electron chi connectivity index (χ0n) is 7.36. The molecule has 0 aliphatic carbocycles. The van der Waals surface area contributed by atoms with E-state index in [0.29, 0.717) is 11.3 Å². The Kier molecular flexibility index (Phi) is 3.06. The summed E-state index contributed by atoms with van der Waals surface area (Å²) in [4.78, 5) is 10.2. The molecule has 0 saturated carbocycles. The van der Waals surface area contributed by atoms with Gasteiger partial charge in [0.05, 0.1) is 5.56 Å². The number of carbonyl (C=O) groups is 1. The van der Waals surface area contributed by atoms with Crippen molar-refractivity contribution in [1.29, 1.82) is 5.41 Å². The Morgan fingerprint density at radius 1 is 1.50 bits per heavy atom. The quantitative estimate of drug-likeness (QED) is 0.478. The summed E-state index contributed by atoms with van der Waals surface area (Å²) >= 11 is 0. The number of hydrogen-bond acceptors (Lipinski definition) is 3. The molecule has 1 aromatic carbocycles. The van der Waals surface area contributed by atoms with Gasteiger partial charge in [-0.3, -0.25) is 5.41 Å². The van der Waals surface area contributed by atoms with Gasteiger partial charge in [-0.15, -0.1) is 0 Å². The molecular weight excluding hydrogens is 184 g/mol. The number of carboxylic acid groups (broad SMARTS) is 1. The van der Waals surface area contributed by atoms with Gasteiger partial charge >= 0.3 is 5.97 Å². The maximum absolute atomic E-state index is 10.2. The molecule has 0 radical (unpaired) electrons. The van der Waals surface area contributed by atoms with Crippen molar-refractivity contribution in [2.45, 2.75) is 0 Å². The summed E-state index contributed by atoms with van der Waals surface area (Å²) in [6, 6.07) is 6.55. The molecule has 74 valence electrons. The van der Waals surface area contributed by atoms with Crippen LogP contribution in [0.3, 0.4) is 0 Å². The predicted octanol–water partition coefficient (Wildman–Crippen LogP) is 0.434. The van der Waals surface area contributed by atoms with E-state index in [4.69, 9.17) is 21.0 Å². The highest BCUT2D eigenvalue weighted by molar-refractivity contribution is 5.97. The van der Waals surface area contributed by atoms with Crippen molar-refractivity contribution < 1.29 is 14.6 Å². The van der Waals surface area contributed by atoms with Crippen molar-refractivity contribution in [1.82, 2.24) is 0 Å². The molecule has 0 unspecified atom stereocenters. The maximum Gasteiger partial charge on any atom is 0.341 e. The van der Waals surface area contributed by atoms with E-state index in [9.17, 15) is 4.79 Å². The number of nitrogens with one attached hydrogen (secondary N) is 1. The molecule has 0 heterocycles. The van der Waals surface area contributed by atoms with Gasteiger partial charge in [-0.1, -0.05) is 12.1 Å². The lowest BCUT2D eigenvalue weighted by Crippen LogP contribution is -2.15. The molecule has 0 amide bonds. The van der Waals surface area contributed by atoms with E-state index >= 15 is 0 Å². The lowest BCUT2D eigenvalue weighted by Gasteiger charge is -2.07. The van der Waals surface area contributed by atoms with E-state index in [-0.39, 0.29) is 5.84 Å². The molecule has 0 aliphatic heterocycles. The van der Waals surface area contributed by atoms with Gasteiger partial charge in [0.25, 0.3) is 0 Å². The number of carboxylic acids is 1. The van der Waals surface area contributed by atoms with Gasteiger partial charge in [-0.2, -0.15) is 0 Å². The number of ether oxygens (including phenoxy) is 1. The molecule has 0 bridgehead atoms. The standard InChI is InChI=1S/C9H10N2O3/c10-9(11)6-3-1-2-4-7(6)14-5-8(12)13/h1-4H,5H2,(H3,10,11)(H,12,13). The van der Waals surface area contributed by atoms with Gasteiger partial charge < -0.3 is 15.6 Å². The molecule has 0 saturated heterocycles. The van der Waals surface area contributed by atoms with Crippen LogP contribution in [-0.4, -0.2) is 23.5 Å². The third-order valence-electron chi connectivity index (χ3n) is 1.53. The predicted molar refractivity (Wildman–Crippen MR) is 50.6 cm³/mol. The number of hydrogen-bond donors (Lipinski definition) is 3. The third kappa shape index (κ3) is 2.48. The Hall–Kier alpha value is -2.04. The summed E-state index contributed by atoms with van der Waals surface area (Å²) in [5, 5.41) is 15.6. The third-order valence-corrected chi connectivity index (χ3v) is 1.53. The van der Waals surface area contributed by atoms with Crippen LogP contribution in [0.5, 0.6) is 5.75 Å². The van der Waals surface area contributed by atoms with Gasteiger partial charge in [-0.25, -0.2) is 4.79 Å². The first-order valence-corrected chi connectivity index (χ1v) is 3.89. The molecule has 1 aromatic rings. The Morgan fingerprint density at radius 3 is 2.71 bits per heavy atom. The number of aliphatic carboxylic acids is 1. The van der Waals surface area contributed by atoms with E-state index in [1.165, 1.54) is 0 Å². The SMILES string of the molecule is N=C(N)c1ccccc1OCC(=O)O. The molecular formula is C9H10N2O3. The Balaban J connectivity index is 2.84.